The lowest BCUT2D eigenvalue weighted by molar-refractivity contribution is -0.0381. The van der Waals surface area contributed by atoms with E-state index in [0.717, 1.165) is 65.0 Å². The molecule has 4 heterocycles. The maximum Gasteiger partial charge on any atom is 0.162 e. The number of hydrogen-bond acceptors (Lipinski definition) is 8. The maximum atomic E-state index is 5.99. The SMILES string of the molecule is COc1cc2nncc(-c3cnc(N4CCC(OC)(c5ccccn5)CC4)c(C)c3)c2cc1OC. The van der Waals surface area contributed by atoms with Crippen molar-refractivity contribution in [3.05, 3.63) is 66.2 Å². The Hall–Kier alpha value is -3.78. The van der Waals surface area contributed by atoms with Crippen LogP contribution in [0, 0.1) is 6.92 Å². The van der Waals surface area contributed by atoms with Crippen LogP contribution in [-0.2, 0) is 10.3 Å². The van der Waals surface area contributed by atoms with Gasteiger partial charge in [0.2, 0.25) is 0 Å². The number of rotatable bonds is 6. The Morgan fingerprint density at radius 2 is 1.69 bits per heavy atom. The van der Waals surface area contributed by atoms with E-state index in [-0.39, 0.29) is 5.60 Å². The first kappa shape index (κ1) is 23.0. The molecule has 35 heavy (non-hydrogen) atoms. The van der Waals surface area contributed by atoms with Gasteiger partial charge in [0, 0.05) is 55.2 Å². The number of pyridine rings is 2. The first-order valence-electron chi connectivity index (χ1n) is 11.6. The molecular formula is C27H29N5O3. The van der Waals surface area contributed by atoms with Crippen LogP contribution in [-0.4, -0.2) is 54.6 Å². The second kappa shape index (κ2) is 9.46. The molecule has 0 spiro atoms. The highest BCUT2D eigenvalue weighted by atomic mass is 16.5. The van der Waals surface area contributed by atoms with Crippen molar-refractivity contribution in [3.63, 3.8) is 0 Å². The Morgan fingerprint density at radius 3 is 2.34 bits per heavy atom. The van der Waals surface area contributed by atoms with Gasteiger partial charge in [-0.15, -0.1) is 0 Å². The Morgan fingerprint density at radius 1 is 0.914 bits per heavy atom. The zero-order valence-corrected chi connectivity index (χ0v) is 20.5. The first-order chi connectivity index (χ1) is 17.1. The topological polar surface area (TPSA) is 82.5 Å². The molecule has 0 N–H and O–H groups in total. The fourth-order valence-corrected chi connectivity index (χ4v) is 4.94. The van der Waals surface area contributed by atoms with Crippen molar-refractivity contribution in [3.8, 4) is 22.6 Å². The van der Waals surface area contributed by atoms with Crippen LogP contribution < -0.4 is 14.4 Å². The average molecular weight is 472 g/mol. The number of fused-ring (bicyclic) bond motifs is 1. The monoisotopic (exact) mass is 471 g/mol. The van der Waals surface area contributed by atoms with Gasteiger partial charge >= 0.3 is 0 Å². The minimum absolute atomic E-state index is 0.354. The molecule has 0 bridgehead atoms. The molecule has 5 rings (SSSR count). The van der Waals surface area contributed by atoms with E-state index in [1.165, 1.54) is 0 Å². The van der Waals surface area contributed by atoms with Gasteiger partial charge in [0.05, 0.1) is 31.6 Å². The van der Waals surface area contributed by atoms with Gasteiger partial charge in [-0.3, -0.25) is 4.98 Å². The molecule has 1 saturated heterocycles. The van der Waals surface area contributed by atoms with Crippen molar-refractivity contribution in [1.82, 2.24) is 20.2 Å². The highest BCUT2D eigenvalue weighted by Gasteiger charge is 2.38. The Balaban J connectivity index is 1.43. The average Bonchev–Trinajstić information content (AvgIpc) is 2.92. The standard InChI is InChI=1S/C27H29N5O3/c1-18-13-19(21-17-30-31-22-15-24(34-3)23(33-2)14-20(21)22)16-29-26(18)32-11-8-27(35-4,9-12-32)25-7-5-6-10-28-25/h5-7,10,13-17H,8-9,11-12H2,1-4H3. The number of nitrogens with zero attached hydrogens (tertiary/aromatic N) is 5. The van der Waals surface area contributed by atoms with Crippen LogP contribution in [0.3, 0.4) is 0 Å². The molecule has 1 aromatic carbocycles. The number of ether oxygens (including phenoxy) is 3. The summed E-state index contributed by atoms with van der Waals surface area (Å²) >= 11 is 0. The third-order valence-corrected chi connectivity index (χ3v) is 6.90. The molecule has 8 nitrogen and oxygen atoms in total. The zero-order valence-electron chi connectivity index (χ0n) is 20.5. The van der Waals surface area contributed by atoms with Crippen LogP contribution in [0.15, 0.2) is 55.0 Å². The minimum atomic E-state index is -0.354. The fraction of sp³-hybridized carbons (Fsp3) is 0.333. The summed E-state index contributed by atoms with van der Waals surface area (Å²) in [5, 5.41) is 9.43. The number of aromatic nitrogens is 4. The van der Waals surface area contributed by atoms with Gasteiger partial charge in [-0.2, -0.15) is 10.2 Å². The number of anilines is 1. The molecule has 0 radical (unpaired) electrons. The van der Waals surface area contributed by atoms with Crippen LogP contribution in [0.2, 0.25) is 0 Å². The summed E-state index contributed by atoms with van der Waals surface area (Å²) in [6.07, 6.45) is 7.21. The first-order valence-corrected chi connectivity index (χ1v) is 11.6. The van der Waals surface area contributed by atoms with Crippen molar-refractivity contribution in [1.29, 1.82) is 0 Å². The summed E-state index contributed by atoms with van der Waals surface area (Å²) in [5.41, 5.74) is 4.42. The Labute approximate surface area is 204 Å². The van der Waals surface area contributed by atoms with E-state index in [0.29, 0.717) is 11.5 Å². The predicted octanol–water partition coefficient (Wildman–Crippen LogP) is 4.55. The van der Waals surface area contributed by atoms with Crippen molar-refractivity contribution >= 4 is 16.7 Å². The molecule has 1 aliphatic rings. The van der Waals surface area contributed by atoms with Crippen LogP contribution >= 0.6 is 0 Å². The van der Waals surface area contributed by atoms with Crippen LogP contribution in [0.1, 0.15) is 24.1 Å². The van der Waals surface area contributed by atoms with E-state index < -0.39 is 0 Å². The lowest BCUT2D eigenvalue weighted by atomic mass is 9.87. The number of aryl methyl sites for hydroxylation is 1. The molecule has 1 aliphatic heterocycles. The molecular weight excluding hydrogens is 442 g/mol. The number of methoxy groups -OCH3 is 3. The van der Waals surface area contributed by atoms with Gasteiger partial charge < -0.3 is 19.1 Å². The summed E-state index contributed by atoms with van der Waals surface area (Å²) in [7, 11) is 5.02. The quantitative estimate of drug-likeness (QED) is 0.405. The third kappa shape index (κ3) is 4.14. The fourth-order valence-electron chi connectivity index (χ4n) is 4.94. The zero-order chi connectivity index (χ0) is 24.4. The van der Waals surface area contributed by atoms with Crippen LogP contribution in [0.5, 0.6) is 11.5 Å². The van der Waals surface area contributed by atoms with E-state index in [2.05, 4.69) is 39.1 Å². The molecule has 4 aromatic rings. The highest BCUT2D eigenvalue weighted by molar-refractivity contribution is 5.95. The van der Waals surface area contributed by atoms with Gasteiger partial charge in [0.25, 0.3) is 0 Å². The summed E-state index contributed by atoms with van der Waals surface area (Å²) in [5.74, 6) is 2.27. The molecule has 0 saturated carbocycles. The van der Waals surface area contributed by atoms with E-state index in [1.807, 2.05) is 36.7 Å². The summed E-state index contributed by atoms with van der Waals surface area (Å²) in [6.45, 7) is 3.78. The number of benzene rings is 1. The summed E-state index contributed by atoms with van der Waals surface area (Å²) < 4.78 is 16.9. The third-order valence-electron chi connectivity index (χ3n) is 6.90. The molecule has 1 fully saturated rings. The molecule has 0 amide bonds. The molecule has 8 heteroatoms. The van der Waals surface area contributed by atoms with Crippen molar-refractivity contribution in [2.45, 2.75) is 25.4 Å². The van der Waals surface area contributed by atoms with E-state index >= 15 is 0 Å². The van der Waals surface area contributed by atoms with Crippen molar-refractivity contribution in [2.24, 2.45) is 0 Å². The Bertz CT molecular complexity index is 1340. The smallest absolute Gasteiger partial charge is 0.162 e. The second-order valence-corrected chi connectivity index (χ2v) is 8.75. The number of hydrogen-bond donors (Lipinski definition) is 0. The van der Waals surface area contributed by atoms with E-state index in [4.69, 9.17) is 19.2 Å². The Kier molecular flexibility index (Phi) is 6.21. The van der Waals surface area contributed by atoms with Crippen LogP contribution in [0.4, 0.5) is 5.82 Å². The van der Waals surface area contributed by atoms with Crippen LogP contribution in [0.25, 0.3) is 22.0 Å². The lowest BCUT2D eigenvalue weighted by Gasteiger charge is -2.41. The molecule has 0 aliphatic carbocycles. The lowest BCUT2D eigenvalue weighted by Crippen LogP contribution is -2.44. The van der Waals surface area contributed by atoms with Gasteiger partial charge in [0.1, 0.15) is 11.4 Å². The summed E-state index contributed by atoms with van der Waals surface area (Å²) in [4.78, 5) is 11.8. The molecule has 180 valence electrons. The minimum Gasteiger partial charge on any atom is -0.493 e. The highest BCUT2D eigenvalue weighted by Crippen LogP contribution is 2.38. The second-order valence-electron chi connectivity index (χ2n) is 8.75. The van der Waals surface area contributed by atoms with Gasteiger partial charge in [-0.1, -0.05) is 6.07 Å². The molecule has 3 aromatic heterocycles. The van der Waals surface area contributed by atoms with Gasteiger partial charge in [0.15, 0.2) is 11.5 Å². The van der Waals surface area contributed by atoms with E-state index in [9.17, 15) is 0 Å². The number of piperidine rings is 1. The molecule has 0 unspecified atom stereocenters. The normalized spacial score (nSPS) is 15.3. The van der Waals surface area contributed by atoms with Crippen molar-refractivity contribution in [2.75, 3.05) is 39.3 Å². The van der Waals surface area contributed by atoms with E-state index in [1.54, 1.807) is 27.5 Å². The van der Waals surface area contributed by atoms with Gasteiger partial charge in [-0.25, -0.2) is 4.98 Å². The van der Waals surface area contributed by atoms with Crippen molar-refractivity contribution < 1.29 is 14.2 Å². The molecule has 0 atom stereocenters. The van der Waals surface area contributed by atoms with Gasteiger partial charge in [-0.05, 0) is 49.6 Å². The largest absolute Gasteiger partial charge is 0.493 e. The maximum absolute atomic E-state index is 5.99. The summed E-state index contributed by atoms with van der Waals surface area (Å²) in [6, 6.07) is 11.9. The predicted molar refractivity (Wildman–Crippen MR) is 135 cm³/mol.